The van der Waals surface area contributed by atoms with E-state index in [2.05, 4.69) is 41.3 Å². The zero-order valence-corrected chi connectivity index (χ0v) is 14.6. The third kappa shape index (κ3) is 4.32. The zero-order valence-electron chi connectivity index (χ0n) is 13.7. The van der Waals surface area contributed by atoms with Crippen LogP contribution in [0.1, 0.15) is 11.1 Å². The van der Waals surface area contributed by atoms with E-state index in [9.17, 15) is 0 Å². The van der Waals surface area contributed by atoms with Crippen molar-refractivity contribution in [1.29, 1.82) is 0 Å². The lowest BCUT2D eigenvalue weighted by Crippen LogP contribution is -2.45. The van der Waals surface area contributed by atoms with Gasteiger partial charge in [-0.15, -0.1) is 12.4 Å². The molecule has 23 heavy (non-hydrogen) atoms. The second kappa shape index (κ2) is 7.93. The van der Waals surface area contributed by atoms with E-state index < -0.39 is 0 Å². The number of aromatic nitrogens is 2. The molecule has 0 spiro atoms. The summed E-state index contributed by atoms with van der Waals surface area (Å²) in [6, 6.07) is 6.65. The van der Waals surface area contributed by atoms with Crippen molar-refractivity contribution in [3.05, 3.63) is 41.7 Å². The van der Waals surface area contributed by atoms with Gasteiger partial charge in [0.25, 0.3) is 0 Å². The summed E-state index contributed by atoms with van der Waals surface area (Å²) < 4.78 is 7.50. The lowest BCUT2D eigenvalue weighted by atomic mass is 9.99. The van der Waals surface area contributed by atoms with Gasteiger partial charge < -0.3 is 10.5 Å². The molecule has 6 heteroatoms. The lowest BCUT2D eigenvalue weighted by Gasteiger charge is -2.32. The Balaban J connectivity index is 0.00000192. The Hall–Kier alpha value is -1.40. The standard InChI is InChI=1S/C17H24N4O.ClH/c1-13-3-4-14(11-21-5-6-22-16(8-18)12-21)17(7-13)15-9-19-20(2)10-15;/h3-4,7,9-10,16H,5-6,8,11-12,18H2,1-2H3;1H. The molecule has 0 amide bonds. The Bertz CT molecular complexity index is 643. The summed E-state index contributed by atoms with van der Waals surface area (Å²) in [6.07, 6.45) is 4.15. The molecule has 0 aliphatic carbocycles. The first kappa shape index (κ1) is 17.9. The molecule has 1 atom stereocenters. The quantitative estimate of drug-likeness (QED) is 0.927. The van der Waals surface area contributed by atoms with Crippen molar-refractivity contribution in [2.75, 3.05) is 26.2 Å². The van der Waals surface area contributed by atoms with Gasteiger partial charge in [-0.25, -0.2) is 0 Å². The molecular formula is C17H25ClN4O. The van der Waals surface area contributed by atoms with Gasteiger partial charge in [-0.2, -0.15) is 5.10 Å². The van der Waals surface area contributed by atoms with E-state index >= 15 is 0 Å². The van der Waals surface area contributed by atoms with E-state index in [1.54, 1.807) is 0 Å². The fourth-order valence-electron chi connectivity index (χ4n) is 2.96. The van der Waals surface area contributed by atoms with E-state index in [4.69, 9.17) is 10.5 Å². The maximum absolute atomic E-state index is 5.74. The molecule has 126 valence electrons. The molecule has 1 aromatic carbocycles. The number of nitrogens with zero attached hydrogens (tertiary/aromatic N) is 3. The molecule has 2 N–H and O–H groups in total. The summed E-state index contributed by atoms with van der Waals surface area (Å²) in [4.78, 5) is 2.42. The second-order valence-corrected chi connectivity index (χ2v) is 6.03. The average molecular weight is 337 g/mol. The third-order valence-electron chi connectivity index (χ3n) is 4.16. The summed E-state index contributed by atoms with van der Waals surface area (Å²) in [5, 5.41) is 4.30. The lowest BCUT2D eigenvalue weighted by molar-refractivity contribution is -0.0260. The van der Waals surface area contributed by atoms with Gasteiger partial charge >= 0.3 is 0 Å². The van der Waals surface area contributed by atoms with E-state index in [-0.39, 0.29) is 18.5 Å². The first-order valence-corrected chi connectivity index (χ1v) is 7.78. The zero-order chi connectivity index (χ0) is 15.5. The molecule has 1 saturated heterocycles. The van der Waals surface area contributed by atoms with E-state index in [1.165, 1.54) is 22.3 Å². The fourth-order valence-corrected chi connectivity index (χ4v) is 2.96. The molecule has 2 heterocycles. The number of benzene rings is 1. The SMILES string of the molecule is Cc1ccc(CN2CCOC(CN)C2)c(-c2cnn(C)c2)c1.Cl. The van der Waals surface area contributed by atoms with Crippen molar-refractivity contribution in [2.45, 2.75) is 19.6 Å². The number of morpholine rings is 1. The van der Waals surface area contributed by atoms with Gasteiger partial charge in [0.05, 0.1) is 18.9 Å². The highest BCUT2D eigenvalue weighted by Crippen LogP contribution is 2.26. The normalized spacial score (nSPS) is 18.7. The number of ether oxygens (including phenoxy) is 1. The molecule has 2 aromatic rings. The summed E-state index contributed by atoms with van der Waals surface area (Å²) in [5.74, 6) is 0. The number of halogens is 1. The minimum Gasteiger partial charge on any atom is -0.374 e. The minimum atomic E-state index is 0. The van der Waals surface area contributed by atoms with Gasteiger partial charge in [0, 0.05) is 45.0 Å². The van der Waals surface area contributed by atoms with Crippen molar-refractivity contribution in [2.24, 2.45) is 12.8 Å². The Kier molecular flexibility index (Phi) is 6.18. The third-order valence-corrected chi connectivity index (χ3v) is 4.16. The van der Waals surface area contributed by atoms with Crippen LogP contribution in [0.3, 0.4) is 0 Å². The topological polar surface area (TPSA) is 56.3 Å². The maximum Gasteiger partial charge on any atom is 0.0824 e. The van der Waals surface area contributed by atoms with Crippen LogP contribution in [0.2, 0.25) is 0 Å². The summed E-state index contributed by atoms with van der Waals surface area (Å²) >= 11 is 0. The number of rotatable bonds is 4. The number of hydrogen-bond donors (Lipinski definition) is 1. The van der Waals surface area contributed by atoms with Crippen molar-refractivity contribution >= 4 is 12.4 Å². The highest BCUT2D eigenvalue weighted by molar-refractivity contribution is 5.85. The molecule has 3 rings (SSSR count). The first-order chi connectivity index (χ1) is 10.7. The molecule has 0 radical (unpaired) electrons. The Morgan fingerprint density at radius 2 is 2.22 bits per heavy atom. The summed E-state index contributed by atoms with van der Waals surface area (Å²) in [7, 11) is 1.95. The van der Waals surface area contributed by atoms with Crippen molar-refractivity contribution in [3.63, 3.8) is 0 Å². The molecule has 5 nitrogen and oxygen atoms in total. The van der Waals surface area contributed by atoms with Gasteiger partial charge in [0.2, 0.25) is 0 Å². The number of nitrogens with two attached hydrogens (primary N) is 1. The van der Waals surface area contributed by atoms with Gasteiger partial charge in [-0.05, 0) is 18.1 Å². The van der Waals surface area contributed by atoms with Gasteiger partial charge in [0.1, 0.15) is 0 Å². The van der Waals surface area contributed by atoms with Crippen LogP contribution in [0, 0.1) is 6.92 Å². The molecule has 0 bridgehead atoms. The van der Waals surface area contributed by atoms with Crippen LogP contribution < -0.4 is 5.73 Å². The molecule has 1 fully saturated rings. The minimum absolute atomic E-state index is 0. The summed E-state index contributed by atoms with van der Waals surface area (Å²) in [5.41, 5.74) is 10.8. The van der Waals surface area contributed by atoms with Crippen LogP contribution in [0.5, 0.6) is 0 Å². The van der Waals surface area contributed by atoms with Crippen LogP contribution in [-0.4, -0.2) is 47.0 Å². The Morgan fingerprint density at radius 1 is 1.39 bits per heavy atom. The number of hydrogen-bond acceptors (Lipinski definition) is 4. The van der Waals surface area contributed by atoms with Crippen LogP contribution in [-0.2, 0) is 18.3 Å². The van der Waals surface area contributed by atoms with E-state index in [0.29, 0.717) is 6.54 Å². The van der Waals surface area contributed by atoms with Gasteiger partial charge in [-0.3, -0.25) is 9.58 Å². The maximum atomic E-state index is 5.74. The molecule has 1 aromatic heterocycles. The average Bonchev–Trinajstić information content (AvgIpc) is 2.96. The van der Waals surface area contributed by atoms with Gasteiger partial charge in [0.15, 0.2) is 0 Å². The molecular weight excluding hydrogens is 312 g/mol. The van der Waals surface area contributed by atoms with Crippen LogP contribution in [0.4, 0.5) is 0 Å². The second-order valence-electron chi connectivity index (χ2n) is 6.03. The monoisotopic (exact) mass is 336 g/mol. The molecule has 1 aliphatic heterocycles. The highest BCUT2D eigenvalue weighted by atomic mass is 35.5. The van der Waals surface area contributed by atoms with E-state index in [0.717, 1.165) is 26.2 Å². The largest absolute Gasteiger partial charge is 0.374 e. The van der Waals surface area contributed by atoms with Crippen LogP contribution in [0.25, 0.3) is 11.1 Å². The smallest absolute Gasteiger partial charge is 0.0824 e. The van der Waals surface area contributed by atoms with E-state index in [1.807, 2.05) is 17.9 Å². The molecule has 1 unspecified atom stereocenters. The summed E-state index contributed by atoms with van der Waals surface area (Å²) in [6.45, 7) is 6.25. The van der Waals surface area contributed by atoms with Crippen molar-refractivity contribution < 1.29 is 4.74 Å². The molecule has 1 aliphatic rings. The van der Waals surface area contributed by atoms with Crippen molar-refractivity contribution in [1.82, 2.24) is 14.7 Å². The first-order valence-electron chi connectivity index (χ1n) is 7.78. The van der Waals surface area contributed by atoms with Crippen LogP contribution in [0.15, 0.2) is 30.6 Å². The highest BCUT2D eigenvalue weighted by Gasteiger charge is 2.20. The predicted molar refractivity (Wildman–Crippen MR) is 94.7 cm³/mol. The fraction of sp³-hybridized carbons (Fsp3) is 0.471. The predicted octanol–water partition coefficient (Wildman–Crippen LogP) is 1.98. The van der Waals surface area contributed by atoms with Crippen LogP contribution >= 0.6 is 12.4 Å². The molecule has 0 saturated carbocycles. The van der Waals surface area contributed by atoms with Gasteiger partial charge in [-0.1, -0.05) is 23.8 Å². The Labute approximate surface area is 143 Å². The van der Waals surface area contributed by atoms with Crippen molar-refractivity contribution in [3.8, 4) is 11.1 Å². The number of aryl methyl sites for hydroxylation is 2. The Morgan fingerprint density at radius 3 is 2.91 bits per heavy atom.